The minimum atomic E-state index is -0.830. The van der Waals surface area contributed by atoms with Gasteiger partial charge in [0.25, 0.3) is 0 Å². The van der Waals surface area contributed by atoms with Crippen LogP contribution in [-0.4, -0.2) is 40.8 Å². The van der Waals surface area contributed by atoms with Crippen LogP contribution in [0.5, 0.6) is 0 Å². The molecule has 0 atom stereocenters. The lowest BCUT2D eigenvalue weighted by molar-refractivity contribution is 0.0476. The van der Waals surface area contributed by atoms with Crippen molar-refractivity contribution in [2.24, 2.45) is 0 Å². The van der Waals surface area contributed by atoms with Crippen LogP contribution in [-0.2, 0) is 0 Å². The Morgan fingerprint density at radius 1 is 1.44 bits per heavy atom. The van der Waals surface area contributed by atoms with E-state index in [0.29, 0.717) is 19.1 Å². The Labute approximate surface area is 98.0 Å². The first-order chi connectivity index (χ1) is 7.42. The minimum Gasteiger partial charge on any atom is -0.389 e. The van der Waals surface area contributed by atoms with Gasteiger partial charge in [0, 0.05) is 12.6 Å². The van der Waals surface area contributed by atoms with Gasteiger partial charge >= 0.3 is 6.03 Å². The standard InChI is InChI=1S/C12H24N2O2/c1-4-14(9-12(2,3)16)11(15)13-10-7-5-6-8-10/h10,16H,4-9H2,1-3H3,(H,13,15). The van der Waals surface area contributed by atoms with E-state index in [2.05, 4.69) is 5.32 Å². The molecule has 0 radical (unpaired) electrons. The molecule has 1 aliphatic carbocycles. The maximum atomic E-state index is 11.9. The number of nitrogens with zero attached hydrogens (tertiary/aromatic N) is 1. The molecule has 1 aliphatic rings. The SMILES string of the molecule is CCN(CC(C)(C)O)C(=O)NC1CCCC1. The summed E-state index contributed by atoms with van der Waals surface area (Å²) in [5.41, 5.74) is -0.830. The largest absolute Gasteiger partial charge is 0.389 e. The molecule has 0 heterocycles. The first-order valence-corrected chi connectivity index (χ1v) is 6.20. The molecule has 0 aromatic heterocycles. The molecule has 1 saturated carbocycles. The number of aliphatic hydroxyl groups is 1. The predicted octanol–water partition coefficient (Wildman–Crippen LogP) is 1.73. The monoisotopic (exact) mass is 228 g/mol. The number of nitrogens with one attached hydrogen (secondary N) is 1. The van der Waals surface area contributed by atoms with Gasteiger partial charge in [0.15, 0.2) is 0 Å². The third kappa shape index (κ3) is 4.39. The fourth-order valence-electron chi connectivity index (χ4n) is 2.13. The van der Waals surface area contributed by atoms with Crippen LogP contribution in [0.1, 0.15) is 46.5 Å². The van der Waals surface area contributed by atoms with E-state index in [1.165, 1.54) is 12.8 Å². The van der Waals surface area contributed by atoms with Crippen molar-refractivity contribution < 1.29 is 9.90 Å². The second-order valence-corrected chi connectivity index (χ2v) is 5.26. The van der Waals surface area contributed by atoms with Crippen LogP contribution >= 0.6 is 0 Å². The lowest BCUT2D eigenvalue weighted by Crippen LogP contribution is -2.49. The third-order valence-electron chi connectivity index (χ3n) is 2.93. The van der Waals surface area contributed by atoms with Crippen LogP contribution < -0.4 is 5.32 Å². The summed E-state index contributed by atoms with van der Waals surface area (Å²) in [4.78, 5) is 13.6. The number of likely N-dealkylation sites (N-methyl/N-ethyl adjacent to an activating group) is 1. The highest BCUT2D eigenvalue weighted by molar-refractivity contribution is 5.74. The predicted molar refractivity (Wildman–Crippen MR) is 64.3 cm³/mol. The van der Waals surface area contributed by atoms with E-state index in [0.717, 1.165) is 12.8 Å². The van der Waals surface area contributed by atoms with E-state index in [1.54, 1.807) is 18.7 Å². The zero-order chi connectivity index (χ0) is 12.2. The smallest absolute Gasteiger partial charge is 0.317 e. The van der Waals surface area contributed by atoms with Crippen LogP contribution in [0.15, 0.2) is 0 Å². The van der Waals surface area contributed by atoms with Gasteiger partial charge in [0.2, 0.25) is 0 Å². The Kier molecular flexibility index (Phi) is 4.59. The normalized spacial score (nSPS) is 17.5. The molecule has 0 aromatic carbocycles. The van der Waals surface area contributed by atoms with E-state index in [-0.39, 0.29) is 6.03 Å². The molecular weight excluding hydrogens is 204 g/mol. The van der Waals surface area contributed by atoms with E-state index >= 15 is 0 Å². The van der Waals surface area contributed by atoms with E-state index in [9.17, 15) is 9.90 Å². The van der Waals surface area contributed by atoms with Crippen molar-refractivity contribution in [3.8, 4) is 0 Å². The molecule has 0 aromatic rings. The van der Waals surface area contributed by atoms with Crippen LogP contribution in [0.2, 0.25) is 0 Å². The average molecular weight is 228 g/mol. The lowest BCUT2D eigenvalue weighted by atomic mass is 10.1. The number of rotatable bonds is 4. The molecule has 0 spiro atoms. The summed E-state index contributed by atoms with van der Waals surface area (Å²) in [6.45, 7) is 6.38. The quantitative estimate of drug-likeness (QED) is 0.770. The summed E-state index contributed by atoms with van der Waals surface area (Å²) in [6, 6.07) is 0.292. The van der Waals surface area contributed by atoms with E-state index in [4.69, 9.17) is 0 Å². The fourth-order valence-corrected chi connectivity index (χ4v) is 2.13. The molecule has 2 N–H and O–H groups in total. The molecule has 4 heteroatoms. The summed E-state index contributed by atoms with van der Waals surface area (Å²) < 4.78 is 0. The van der Waals surface area contributed by atoms with Gasteiger partial charge in [-0.1, -0.05) is 12.8 Å². The van der Waals surface area contributed by atoms with Crippen LogP contribution in [0, 0.1) is 0 Å². The Hall–Kier alpha value is -0.770. The summed E-state index contributed by atoms with van der Waals surface area (Å²) >= 11 is 0. The number of carbonyl (C=O) groups excluding carboxylic acids is 1. The van der Waals surface area contributed by atoms with Gasteiger partial charge in [0.05, 0.1) is 12.1 Å². The van der Waals surface area contributed by atoms with Gasteiger partial charge in [-0.2, -0.15) is 0 Å². The van der Waals surface area contributed by atoms with Gasteiger partial charge < -0.3 is 15.3 Å². The van der Waals surface area contributed by atoms with Crippen molar-refractivity contribution in [1.82, 2.24) is 10.2 Å². The first kappa shape index (κ1) is 13.3. The second-order valence-electron chi connectivity index (χ2n) is 5.26. The Morgan fingerprint density at radius 3 is 2.44 bits per heavy atom. The number of hydrogen-bond acceptors (Lipinski definition) is 2. The van der Waals surface area contributed by atoms with Gasteiger partial charge in [-0.15, -0.1) is 0 Å². The lowest BCUT2D eigenvalue weighted by Gasteiger charge is -2.29. The zero-order valence-corrected chi connectivity index (χ0v) is 10.6. The third-order valence-corrected chi connectivity index (χ3v) is 2.93. The fraction of sp³-hybridized carbons (Fsp3) is 0.917. The number of hydrogen-bond donors (Lipinski definition) is 2. The highest BCUT2D eigenvalue weighted by atomic mass is 16.3. The van der Waals surface area contributed by atoms with Crippen molar-refractivity contribution in [3.05, 3.63) is 0 Å². The maximum Gasteiger partial charge on any atom is 0.317 e. The molecule has 0 bridgehead atoms. The summed E-state index contributed by atoms with van der Waals surface area (Å²) in [6.07, 6.45) is 4.60. The number of amides is 2. The molecule has 94 valence electrons. The highest BCUT2D eigenvalue weighted by Gasteiger charge is 2.24. The Bertz CT molecular complexity index is 230. The number of urea groups is 1. The highest BCUT2D eigenvalue weighted by Crippen LogP contribution is 2.18. The van der Waals surface area contributed by atoms with Crippen LogP contribution in [0.3, 0.4) is 0 Å². The van der Waals surface area contributed by atoms with Crippen molar-refractivity contribution in [1.29, 1.82) is 0 Å². The Balaban J connectivity index is 2.42. The second kappa shape index (κ2) is 5.53. The van der Waals surface area contributed by atoms with E-state index in [1.807, 2.05) is 6.92 Å². The molecule has 4 nitrogen and oxygen atoms in total. The first-order valence-electron chi connectivity index (χ1n) is 6.20. The van der Waals surface area contributed by atoms with Crippen LogP contribution in [0.4, 0.5) is 4.79 Å². The van der Waals surface area contributed by atoms with Crippen molar-refractivity contribution in [3.63, 3.8) is 0 Å². The van der Waals surface area contributed by atoms with Gasteiger partial charge in [-0.25, -0.2) is 4.79 Å². The average Bonchev–Trinajstić information content (AvgIpc) is 2.65. The summed E-state index contributed by atoms with van der Waals surface area (Å²) in [5.74, 6) is 0. The van der Waals surface area contributed by atoms with Gasteiger partial charge in [-0.05, 0) is 33.6 Å². The molecular formula is C12H24N2O2. The summed E-state index contributed by atoms with van der Waals surface area (Å²) in [5, 5.41) is 12.7. The van der Waals surface area contributed by atoms with Crippen LogP contribution in [0.25, 0.3) is 0 Å². The van der Waals surface area contributed by atoms with Gasteiger partial charge in [-0.3, -0.25) is 0 Å². The van der Waals surface area contributed by atoms with Crippen molar-refractivity contribution in [2.75, 3.05) is 13.1 Å². The zero-order valence-electron chi connectivity index (χ0n) is 10.6. The molecule has 0 unspecified atom stereocenters. The molecule has 1 rings (SSSR count). The maximum absolute atomic E-state index is 11.9. The van der Waals surface area contributed by atoms with Gasteiger partial charge in [0.1, 0.15) is 0 Å². The molecule has 1 fully saturated rings. The Morgan fingerprint density at radius 2 is 2.00 bits per heavy atom. The summed E-state index contributed by atoms with van der Waals surface area (Å²) in [7, 11) is 0. The topological polar surface area (TPSA) is 52.6 Å². The molecule has 0 saturated heterocycles. The van der Waals surface area contributed by atoms with Crippen molar-refractivity contribution >= 4 is 6.03 Å². The van der Waals surface area contributed by atoms with Crippen molar-refractivity contribution in [2.45, 2.75) is 58.1 Å². The minimum absolute atomic E-state index is 0.0449. The van der Waals surface area contributed by atoms with E-state index < -0.39 is 5.60 Å². The number of carbonyl (C=O) groups is 1. The molecule has 0 aliphatic heterocycles. The molecule has 16 heavy (non-hydrogen) atoms. The molecule has 2 amide bonds.